The highest BCUT2D eigenvalue weighted by Crippen LogP contribution is 2.20. The minimum atomic E-state index is -0.328. The van der Waals surface area contributed by atoms with Crippen molar-refractivity contribution >= 4 is 17.3 Å². The van der Waals surface area contributed by atoms with Crippen LogP contribution in [0.4, 0.5) is 15.8 Å². The lowest BCUT2D eigenvalue weighted by atomic mass is 10.2. The number of hydrogen-bond acceptors (Lipinski definition) is 4. The van der Waals surface area contributed by atoms with Gasteiger partial charge in [-0.15, -0.1) is 0 Å². The SMILES string of the molecule is O=C(NCc1ccccc1F)c1cc(N2CCN(c3ccccc3)CC2)ccn1. The number of para-hydroxylation sites is 1. The molecule has 2 heterocycles. The maximum Gasteiger partial charge on any atom is 0.270 e. The first kappa shape index (κ1) is 18.9. The van der Waals surface area contributed by atoms with E-state index in [0.29, 0.717) is 11.3 Å². The number of pyridine rings is 1. The number of benzene rings is 2. The van der Waals surface area contributed by atoms with Crippen molar-refractivity contribution in [2.24, 2.45) is 0 Å². The zero-order chi connectivity index (χ0) is 20.1. The number of piperazine rings is 1. The summed E-state index contributed by atoms with van der Waals surface area (Å²) in [4.78, 5) is 21.3. The minimum Gasteiger partial charge on any atom is -0.368 e. The van der Waals surface area contributed by atoms with E-state index >= 15 is 0 Å². The second-order valence-electron chi connectivity index (χ2n) is 6.98. The number of amides is 1. The first-order chi connectivity index (χ1) is 14.2. The Kier molecular flexibility index (Phi) is 5.70. The number of aromatic nitrogens is 1. The summed E-state index contributed by atoms with van der Waals surface area (Å²) < 4.78 is 13.7. The number of nitrogens with one attached hydrogen (secondary N) is 1. The second-order valence-corrected chi connectivity index (χ2v) is 6.98. The Morgan fingerprint density at radius 3 is 2.28 bits per heavy atom. The van der Waals surface area contributed by atoms with Gasteiger partial charge < -0.3 is 15.1 Å². The van der Waals surface area contributed by atoms with Crippen LogP contribution >= 0.6 is 0 Å². The van der Waals surface area contributed by atoms with Crippen molar-refractivity contribution in [2.75, 3.05) is 36.0 Å². The van der Waals surface area contributed by atoms with Crippen LogP contribution in [0.5, 0.6) is 0 Å². The average Bonchev–Trinajstić information content (AvgIpc) is 2.79. The first-order valence-electron chi connectivity index (χ1n) is 9.73. The van der Waals surface area contributed by atoms with Gasteiger partial charge in [-0.2, -0.15) is 0 Å². The molecule has 1 aromatic heterocycles. The maximum atomic E-state index is 13.7. The van der Waals surface area contributed by atoms with Gasteiger partial charge in [0.25, 0.3) is 5.91 Å². The van der Waals surface area contributed by atoms with E-state index in [4.69, 9.17) is 0 Å². The molecular formula is C23H23FN4O. The van der Waals surface area contributed by atoms with E-state index in [0.717, 1.165) is 31.9 Å². The molecule has 0 spiro atoms. The molecule has 1 fully saturated rings. The summed E-state index contributed by atoms with van der Waals surface area (Å²) in [5.41, 5.74) is 3.00. The summed E-state index contributed by atoms with van der Waals surface area (Å²) in [7, 11) is 0. The van der Waals surface area contributed by atoms with Crippen molar-refractivity contribution in [3.63, 3.8) is 0 Å². The molecule has 1 N–H and O–H groups in total. The number of anilines is 2. The Morgan fingerprint density at radius 2 is 1.55 bits per heavy atom. The third-order valence-corrected chi connectivity index (χ3v) is 5.14. The largest absolute Gasteiger partial charge is 0.368 e. The third kappa shape index (κ3) is 4.54. The summed E-state index contributed by atoms with van der Waals surface area (Å²) in [6.07, 6.45) is 1.65. The highest BCUT2D eigenvalue weighted by molar-refractivity contribution is 5.93. The number of halogens is 1. The van der Waals surface area contributed by atoms with Crippen LogP contribution in [0.15, 0.2) is 72.9 Å². The van der Waals surface area contributed by atoms with Crippen LogP contribution in [0.3, 0.4) is 0 Å². The lowest BCUT2D eigenvalue weighted by molar-refractivity contribution is 0.0945. The van der Waals surface area contributed by atoms with Gasteiger partial charge in [0.05, 0.1) is 0 Å². The monoisotopic (exact) mass is 390 g/mol. The molecule has 0 radical (unpaired) electrons. The van der Waals surface area contributed by atoms with Crippen LogP contribution in [-0.2, 0) is 6.54 Å². The fraction of sp³-hybridized carbons (Fsp3) is 0.217. The number of rotatable bonds is 5. The molecule has 29 heavy (non-hydrogen) atoms. The highest BCUT2D eigenvalue weighted by atomic mass is 19.1. The number of carbonyl (C=O) groups excluding carboxylic acids is 1. The van der Waals surface area contributed by atoms with Crippen molar-refractivity contribution in [1.82, 2.24) is 10.3 Å². The maximum absolute atomic E-state index is 13.7. The first-order valence-corrected chi connectivity index (χ1v) is 9.73. The summed E-state index contributed by atoms with van der Waals surface area (Å²) in [6.45, 7) is 3.71. The zero-order valence-corrected chi connectivity index (χ0v) is 16.1. The van der Waals surface area contributed by atoms with E-state index in [1.807, 2.05) is 12.1 Å². The Balaban J connectivity index is 1.37. The molecule has 5 nitrogen and oxygen atoms in total. The molecule has 3 aromatic rings. The lowest BCUT2D eigenvalue weighted by Crippen LogP contribution is -2.46. The van der Waals surface area contributed by atoms with E-state index in [-0.39, 0.29) is 18.3 Å². The van der Waals surface area contributed by atoms with E-state index in [1.54, 1.807) is 30.5 Å². The van der Waals surface area contributed by atoms with Gasteiger partial charge in [-0.1, -0.05) is 36.4 Å². The van der Waals surface area contributed by atoms with Gasteiger partial charge in [0, 0.05) is 55.9 Å². The Bertz CT molecular complexity index is 971. The smallest absolute Gasteiger partial charge is 0.270 e. The van der Waals surface area contributed by atoms with Crippen molar-refractivity contribution in [3.05, 3.63) is 90.0 Å². The van der Waals surface area contributed by atoms with Crippen molar-refractivity contribution in [1.29, 1.82) is 0 Å². The molecule has 0 aliphatic carbocycles. The Morgan fingerprint density at radius 1 is 0.897 bits per heavy atom. The third-order valence-electron chi connectivity index (χ3n) is 5.14. The quantitative estimate of drug-likeness (QED) is 0.725. The van der Waals surface area contributed by atoms with E-state index in [9.17, 15) is 9.18 Å². The van der Waals surface area contributed by atoms with Crippen LogP contribution in [0.25, 0.3) is 0 Å². The van der Waals surface area contributed by atoms with Gasteiger partial charge in [-0.05, 0) is 30.3 Å². The van der Waals surface area contributed by atoms with Gasteiger partial charge >= 0.3 is 0 Å². The fourth-order valence-corrected chi connectivity index (χ4v) is 3.51. The topological polar surface area (TPSA) is 48.5 Å². The lowest BCUT2D eigenvalue weighted by Gasteiger charge is -2.37. The normalized spacial score (nSPS) is 14.0. The molecule has 1 saturated heterocycles. The van der Waals surface area contributed by atoms with E-state index < -0.39 is 0 Å². The summed E-state index contributed by atoms with van der Waals surface area (Å²) in [5, 5.41) is 2.75. The molecule has 1 aliphatic heterocycles. The van der Waals surface area contributed by atoms with Crippen molar-refractivity contribution in [3.8, 4) is 0 Å². The van der Waals surface area contributed by atoms with E-state index in [2.05, 4.69) is 44.4 Å². The van der Waals surface area contributed by atoms with Crippen LogP contribution < -0.4 is 15.1 Å². The summed E-state index contributed by atoms with van der Waals surface area (Å²) in [6, 6.07) is 20.5. The Hall–Kier alpha value is -3.41. The number of hydrogen-bond donors (Lipinski definition) is 1. The molecular weight excluding hydrogens is 367 g/mol. The molecule has 1 amide bonds. The predicted molar refractivity (Wildman–Crippen MR) is 113 cm³/mol. The zero-order valence-electron chi connectivity index (χ0n) is 16.1. The average molecular weight is 390 g/mol. The van der Waals surface area contributed by atoms with Crippen molar-refractivity contribution < 1.29 is 9.18 Å². The molecule has 6 heteroatoms. The number of carbonyl (C=O) groups is 1. The summed E-state index contributed by atoms with van der Waals surface area (Å²) >= 11 is 0. The molecule has 0 atom stereocenters. The van der Waals surface area contributed by atoms with Gasteiger partial charge in [-0.3, -0.25) is 9.78 Å². The molecule has 0 unspecified atom stereocenters. The molecule has 0 saturated carbocycles. The van der Waals surface area contributed by atoms with Crippen LogP contribution in [0.1, 0.15) is 16.1 Å². The Labute approximate surface area is 169 Å². The summed E-state index contributed by atoms with van der Waals surface area (Å²) in [5.74, 6) is -0.635. The number of nitrogens with zero attached hydrogens (tertiary/aromatic N) is 3. The van der Waals surface area contributed by atoms with Gasteiger partial charge in [-0.25, -0.2) is 4.39 Å². The predicted octanol–water partition coefficient (Wildman–Crippen LogP) is 3.48. The van der Waals surface area contributed by atoms with Crippen LogP contribution in [0.2, 0.25) is 0 Å². The molecule has 148 valence electrons. The van der Waals surface area contributed by atoms with Crippen LogP contribution in [-0.4, -0.2) is 37.1 Å². The molecule has 2 aromatic carbocycles. The van der Waals surface area contributed by atoms with Crippen molar-refractivity contribution in [2.45, 2.75) is 6.54 Å². The molecule has 0 bridgehead atoms. The second kappa shape index (κ2) is 8.73. The minimum absolute atomic E-state index is 0.132. The van der Waals surface area contributed by atoms with Crippen LogP contribution in [0, 0.1) is 5.82 Å². The highest BCUT2D eigenvalue weighted by Gasteiger charge is 2.19. The van der Waals surface area contributed by atoms with Gasteiger partial charge in [0.1, 0.15) is 11.5 Å². The van der Waals surface area contributed by atoms with E-state index in [1.165, 1.54) is 11.8 Å². The standard InChI is InChI=1S/C23H23FN4O/c24-21-9-5-4-6-18(21)17-26-23(29)22-16-20(10-11-25-22)28-14-12-27(13-15-28)19-7-2-1-3-8-19/h1-11,16H,12-15,17H2,(H,26,29). The molecule has 4 rings (SSSR count). The van der Waals surface area contributed by atoms with Gasteiger partial charge in [0.15, 0.2) is 0 Å². The molecule has 1 aliphatic rings. The van der Waals surface area contributed by atoms with Gasteiger partial charge in [0.2, 0.25) is 0 Å². The fourth-order valence-electron chi connectivity index (χ4n) is 3.51.